The summed E-state index contributed by atoms with van der Waals surface area (Å²) in [6, 6.07) is 0.370. The molecular weight excluding hydrogens is 229 g/mol. The summed E-state index contributed by atoms with van der Waals surface area (Å²) >= 11 is 5.67. The summed E-state index contributed by atoms with van der Waals surface area (Å²) in [4.78, 5) is 9.67. The molecule has 88 valence electrons. The number of rotatable bonds is 2. The van der Waals surface area contributed by atoms with Crippen molar-refractivity contribution in [2.24, 2.45) is 0 Å². The molecule has 1 aliphatic heterocycles. The van der Waals surface area contributed by atoms with Gasteiger partial charge in [-0.25, -0.2) is 9.97 Å². The van der Waals surface area contributed by atoms with Gasteiger partial charge in [-0.05, 0) is 25.7 Å². The van der Waals surface area contributed by atoms with Crippen LogP contribution in [-0.2, 0) is 0 Å². The van der Waals surface area contributed by atoms with Crippen LogP contribution in [0.15, 0.2) is 6.33 Å². The van der Waals surface area contributed by atoms with E-state index in [1.807, 2.05) is 4.90 Å². The second-order valence-corrected chi connectivity index (χ2v) is 4.41. The van der Waals surface area contributed by atoms with Gasteiger partial charge in [0.1, 0.15) is 6.33 Å². The van der Waals surface area contributed by atoms with Gasteiger partial charge in [-0.15, -0.1) is 0 Å². The monoisotopic (exact) mass is 243 g/mol. The molecule has 0 amide bonds. The molecule has 0 saturated carbocycles. The molecule has 16 heavy (non-hydrogen) atoms. The van der Waals surface area contributed by atoms with Crippen LogP contribution in [0.3, 0.4) is 0 Å². The van der Waals surface area contributed by atoms with E-state index in [1.54, 1.807) is 0 Å². The Labute approximate surface area is 99.6 Å². The SMILES string of the molecule is CCC1CCCCN1c1ncnc(Cl)c1F. The van der Waals surface area contributed by atoms with Gasteiger partial charge in [0, 0.05) is 12.6 Å². The third-order valence-corrected chi connectivity index (χ3v) is 3.36. The Bertz CT molecular complexity index is 372. The molecule has 1 aliphatic rings. The van der Waals surface area contributed by atoms with E-state index in [-0.39, 0.29) is 5.15 Å². The minimum Gasteiger partial charge on any atom is -0.351 e. The molecule has 0 radical (unpaired) electrons. The van der Waals surface area contributed by atoms with Crippen molar-refractivity contribution in [3.63, 3.8) is 0 Å². The van der Waals surface area contributed by atoms with Crippen LogP contribution in [0.2, 0.25) is 5.15 Å². The predicted molar refractivity (Wildman–Crippen MR) is 62.3 cm³/mol. The molecule has 1 unspecified atom stereocenters. The first-order valence-electron chi connectivity index (χ1n) is 5.66. The summed E-state index contributed by atoms with van der Waals surface area (Å²) in [5.41, 5.74) is 0. The molecule has 1 fully saturated rings. The van der Waals surface area contributed by atoms with Crippen LogP contribution >= 0.6 is 11.6 Å². The molecular formula is C11H15ClFN3. The smallest absolute Gasteiger partial charge is 0.202 e. The second-order valence-electron chi connectivity index (χ2n) is 4.05. The molecule has 1 atom stereocenters. The van der Waals surface area contributed by atoms with Gasteiger partial charge < -0.3 is 4.90 Å². The highest BCUT2D eigenvalue weighted by Crippen LogP contribution is 2.28. The third kappa shape index (κ3) is 2.12. The number of hydrogen-bond donors (Lipinski definition) is 0. The van der Waals surface area contributed by atoms with Gasteiger partial charge in [-0.2, -0.15) is 4.39 Å². The van der Waals surface area contributed by atoms with Crippen LogP contribution < -0.4 is 4.90 Å². The van der Waals surface area contributed by atoms with E-state index in [4.69, 9.17) is 11.6 Å². The molecule has 1 aromatic heterocycles. The summed E-state index contributed by atoms with van der Waals surface area (Å²) in [7, 11) is 0. The van der Waals surface area contributed by atoms with Crippen LogP contribution in [0.25, 0.3) is 0 Å². The fraction of sp³-hybridized carbons (Fsp3) is 0.636. The van der Waals surface area contributed by atoms with Crippen molar-refractivity contribution < 1.29 is 4.39 Å². The lowest BCUT2D eigenvalue weighted by Crippen LogP contribution is -2.40. The first-order valence-corrected chi connectivity index (χ1v) is 6.04. The molecule has 0 N–H and O–H groups in total. The molecule has 0 aromatic carbocycles. The van der Waals surface area contributed by atoms with Crippen molar-refractivity contribution in [1.29, 1.82) is 0 Å². The summed E-state index contributed by atoms with van der Waals surface area (Å²) in [5, 5.41) is -0.0922. The van der Waals surface area contributed by atoms with Gasteiger partial charge in [0.15, 0.2) is 11.0 Å². The van der Waals surface area contributed by atoms with Crippen LogP contribution in [0.1, 0.15) is 32.6 Å². The number of aromatic nitrogens is 2. The molecule has 0 bridgehead atoms. The quantitative estimate of drug-likeness (QED) is 0.748. The Morgan fingerprint density at radius 2 is 2.31 bits per heavy atom. The number of piperidine rings is 1. The Morgan fingerprint density at radius 1 is 1.50 bits per heavy atom. The van der Waals surface area contributed by atoms with Crippen LogP contribution in [0, 0.1) is 5.82 Å². The van der Waals surface area contributed by atoms with Crippen molar-refractivity contribution in [2.45, 2.75) is 38.6 Å². The molecule has 1 aromatic rings. The highest BCUT2D eigenvalue weighted by Gasteiger charge is 2.25. The molecule has 3 nitrogen and oxygen atoms in total. The van der Waals surface area contributed by atoms with Crippen molar-refractivity contribution in [1.82, 2.24) is 9.97 Å². The Kier molecular flexibility index (Phi) is 3.59. The highest BCUT2D eigenvalue weighted by atomic mass is 35.5. The van der Waals surface area contributed by atoms with Gasteiger partial charge >= 0.3 is 0 Å². The maximum atomic E-state index is 13.8. The van der Waals surface area contributed by atoms with E-state index in [9.17, 15) is 4.39 Å². The minimum absolute atomic E-state index is 0.0922. The summed E-state index contributed by atoms with van der Waals surface area (Å²) in [6.07, 6.45) is 5.70. The van der Waals surface area contributed by atoms with Crippen LogP contribution in [-0.4, -0.2) is 22.6 Å². The predicted octanol–water partition coefficient (Wildman–Crippen LogP) is 3.04. The second kappa shape index (κ2) is 4.95. The highest BCUT2D eigenvalue weighted by molar-refractivity contribution is 6.29. The number of halogens is 2. The van der Waals surface area contributed by atoms with Crippen molar-refractivity contribution in [2.75, 3.05) is 11.4 Å². The van der Waals surface area contributed by atoms with Crippen molar-refractivity contribution >= 4 is 17.4 Å². The Hall–Kier alpha value is -0.900. The molecule has 2 rings (SSSR count). The van der Waals surface area contributed by atoms with E-state index in [0.717, 1.165) is 25.8 Å². The van der Waals surface area contributed by atoms with E-state index < -0.39 is 5.82 Å². The fourth-order valence-corrected chi connectivity index (χ4v) is 2.37. The zero-order valence-electron chi connectivity index (χ0n) is 9.29. The molecule has 0 aliphatic carbocycles. The maximum absolute atomic E-state index is 13.8. The third-order valence-electron chi connectivity index (χ3n) is 3.10. The standard InChI is InChI=1S/C11H15ClFN3/c1-2-8-5-3-4-6-16(8)11-9(13)10(12)14-7-15-11/h7-8H,2-6H2,1H3. The summed E-state index contributed by atoms with van der Waals surface area (Å²) < 4.78 is 13.8. The Morgan fingerprint density at radius 3 is 3.06 bits per heavy atom. The summed E-state index contributed by atoms with van der Waals surface area (Å²) in [5.74, 6) is -0.143. The van der Waals surface area contributed by atoms with Crippen LogP contribution in [0.4, 0.5) is 10.2 Å². The van der Waals surface area contributed by atoms with Gasteiger partial charge in [-0.1, -0.05) is 18.5 Å². The average molecular weight is 244 g/mol. The lowest BCUT2D eigenvalue weighted by molar-refractivity contribution is 0.438. The van der Waals surface area contributed by atoms with E-state index >= 15 is 0 Å². The lowest BCUT2D eigenvalue weighted by atomic mass is 10.00. The maximum Gasteiger partial charge on any atom is 0.202 e. The summed E-state index contributed by atoms with van der Waals surface area (Å²) in [6.45, 7) is 2.96. The first kappa shape index (κ1) is 11.6. The van der Waals surface area contributed by atoms with Gasteiger partial charge in [0.05, 0.1) is 0 Å². The van der Waals surface area contributed by atoms with Gasteiger partial charge in [-0.3, -0.25) is 0 Å². The first-order chi connectivity index (χ1) is 7.74. The van der Waals surface area contributed by atoms with E-state index in [0.29, 0.717) is 11.9 Å². The van der Waals surface area contributed by atoms with Crippen molar-refractivity contribution in [3.05, 3.63) is 17.3 Å². The number of nitrogens with zero attached hydrogens (tertiary/aromatic N) is 3. The van der Waals surface area contributed by atoms with Gasteiger partial charge in [0.2, 0.25) is 5.82 Å². The van der Waals surface area contributed by atoms with Crippen LogP contribution in [0.5, 0.6) is 0 Å². The molecule has 0 spiro atoms. The normalized spacial score (nSPS) is 21.2. The zero-order chi connectivity index (χ0) is 11.5. The largest absolute Gasteiger partial charge is 0.351 e. The minimum atomic E-state index is -0.496. The Balaban J connectivity index is 2.30. The molecule has 1 saturated heterocycles. The van der Waals surface area contributed by atoms with E-state index in [2.05, 4.69) is 16.9 Å². The number of anilines is 1. The number of hydrogen-bond acceptors (Lipinski definition) is 3. The molecule has 5 heteroatoms. The van der Waals surface area contributed by atoms with Crippen molar-refractivity contribution in [3.8, 4) is 0 Å². The topological polar surface area (TPSA) is 29.0 Å². The van der Waals surface area contributed by atoms with E-state index in [1.165, 1.54) is 12.7 Å². The molecule has 2 heterocycles. The lowest BCUT2D eigenvalue weighted by Gasteiger charge is -2.36. The zero-order valence-corrected chi connectivity index (χ0v) is 10.0. The fourth-order valence-electron chi connectivity index (χ4n) is 2.24. The van der Waals surface area contributed by atoms with Gasteiger partial charge in [0.25, 0.3) is 0 Å². The average Bonchev–Trinajstić information content (AvgIpc) is 2.33.